The number of carbonyl (C=O) groups is 3. The molecule has 1 aliphatic rings. The molecular weight excluding hydrogens is 210 g/mol. The van der Waals surface area contributed by atoms with Crippen molar-refractivity contribution in [3.8, 4) is 0 Å². The number of likely N-dealkylation sites (tertiary alicyclic amines) is 1. The normalized spacial score (nSPS) is 21.6. The van der Waals surface area contributed by atoms with Crippen LogP contribution in [0.25, 0.3) is 0 Å². The number of nitrogens with two attached hydrogens (primary N) is 1. The molecule has 1 fully saturated rings. The van der Waals surface area contributed by atoms with E-state index in [-0.39, 0.29) is 18.4 Å². The zero-order valence-corrected chi connectivity index (χ0v) is 9.31. The molecular formula is C10H17N3O3. The molecule has 3 N–H and O–H groups in total. The van der Waals surface area contributed by atoms with Crippen LogP contribution in [-0.4, -0.2) is 48.2 Å². The highest BCUT2D eigenvalue weighted by Crippen LogP contribution is 2.17. The Morgan fingerprint density at radius 1 is 1.62 bits per heavy atom. The summed E-state index contributed by atoms with van der Waals surface area (Å²) < 4.78 is 0. The van der Waals surface area contributed by atoms with Gasteiger partial charge in [-0.3, -0.25) is 9.59 Å². The molecule has 0 radical (unpaired) electrons. The van der Waals surface area contributed by atoms with Crippen molar-refractivity contribution in [1.29, 1.82) is 0 Å². The van der Waals surface area contributed by atoms with Crippen molar-refractivity contribution in [2.75, 3.05) is 13.1 Å². The Morgan fingerprint density at radius 2 is 2.31 bits per heavy atom. The lowest BCUT2D eigenvalue weighted by Crippen LogP contribution is -2.49. The fraction of sp³-hybridized carbons (Fsp3) is 0.700. The van der Waals surface area contributed by atoms with Gasteiger partial charge in [0.1, 0.15) is 12.3 Å². The molecule has 6 nitrogen and oxygen atoms in total. The summed E-state index contributed by atoms with van der Waals surface area (Å²) in [6.07, 6.45) is 2.07. The molecule has 0 aromatic carbocycles. The van der Waals surface area contributed by atoms with Gasteiger partial charge in [0.05, 0.1) is 12.6 Å². The van der Waals surface area contributed by atoms with Gasteiger partial charge in [-0.2, -0.15) is 0 Å². The van der Waals surface area contributed by atoms with Gasteiger partial charge < -0.3 is 20.7 Å². The number of nitrogens with zero attached hydrogens (tertiary/aromatic N) is 1. The summed E-state index contributed by atoms with van der Waals surface area (Å²) in [4.78, 5) is 35.1. The second-order valence-corrected chi connectivity index (χ2v) is 3.88. The molecule has 0 aliphatic carbocycles. The van der Waals surface area contributed by atoms with Crippen molar-refractivity contribution >= 4 is 18.1 Å². The minimum atomic E-state index is -0.525. The van der Waals surface area contributed by atoms with Gasteiger partial charge in [0.15, 0.2) is 0 Å². The first-order valence-corrected chi connectivity index (χ1v) is 5.35. The Morgan fingerprint density at radius 3 is 2.88 bits per heavy atom. The fourth-order valence-electron chi connectivity index (χ4n) is 1.81. The minimum Gasteiger partial charge on any atom is -0.345 e. The Bertz CT molecular complexity index is 293. The summed E-state index contributed by atoms with van der Waals surface area (Å²) in [5, 5.41) is 2.54. The maximum Gasteiger partial charge on any atom is 0.243 e. The fourth-order valence-corrected chi connectivity index (χ4v) is 1.81. The monoisotopic (exact) mass is 227 g/mol. The van der Waals surface area contributed by atoms with Crippen LogP contribution in [0.1, 0.15) is 19.8 Å². The summed E-state index contributed by atoms with van der Waals surface area (Å²) in [6, 6.07) is -0.999. The average Bonchev–Trinajstić information content (AvgIpc) is 2.76. The maximum absolute atomic E-state index is 11.7. The van der Waals surface area contributed by atoms with Gasteiger partial charge in [-0.05, 0) is 19.8 Å². The van der Waals surface area contributed by atoms with E-state index < -0.39 is 12.1 Å². The van der Waals surface area contributed by atoms with Crippen LogP contribution in [-0.2, 0) is 14.4 Å². The van der Waals surface area contributed by atoms with Crippen molar-refractivity contribution in [3.05, 3.63) is 0 Å². The summed E-state index contributed by atoms with van der Waals surface area (Å²) >= 11 is 0. The highest BCUT2D eigenvalue weighted by Gasteiger charge is 2.33. The molecule has 1 rings (SSSR count). The van der Waals surface area contributed by atoms with Crippen LogP contribution >= 0.6 is 0 Å². The Hall–Kier alpha value is -1.43. The van der Waals surface area contributed by atoms with E-state index in [9.17, 15) is 14.4 Å². The molecule has 6 heteroatoms. The van der Waals surface area contributed by atoms with Gasteiger partial charge in [0.2, 0.25) is 11.8 Å². The molecule has 1 saturated heterocycles. The predicted octanol–water partition coefficient (Wildman–Crippen LogP) is -1.36. The molecule has 16 heavy (non-hydrogen) atoms. The van der Waals surface area contributed by atoms with E-state index in [1.165, 1.54) is 4.90 Å². The number of carbonyl (C=O) groups excluding carboxylic acids is 3. The van der Waals surface area contributed by atoms with Crippen LogP contribution in [0, 0.1) is 0 Å². The first-order valence-electron chi connectivity index (χ1n) is 5.35. The second-order valence-electron chi connectivity index (χ2n) is 3.88. The molecule has 90 valence electrons. The zero-order chi connectivity index (χ0) is 12.1. The van der Waals surface area contributed by atoms with E-state index in [2.05, 4.69) is 5.32 Å². The molecule has 1 heterocycles. The van der Waals surface area contributed by atoms with Gasteiger partial charge in [-0.15, -0.1) is 0 Å². The largest absolute Gasteiger partial charge is 0.345 e. The lowest BCUT2D eigenvalue weighted by molar-refractivity contribution is -0.137. The molecule has 0 aromatic rings. The molecule has 1 aliphatic heterocycles. The van der Waals surface area contributed by atoms with Gasteiger partial charge in [0.25, 0.3) is 0 Å². The van der Waals surface area contributed by atoms with Crippen molar-refractivity contribution in [2.45, 2.75) is 31.8 Å². The van der Waals surface area contributed by atoms with Gasteiger partial charge >= 0.3 is 0 Å². The number of aldehydes is 1. The Balaban J connectivity index is 2.60. The maximum atomic E-state index is 11.7. The number of rotatable bonds is 4. The van der Waals surface area contributed by atoms with Crippen LogP contribution in [0.15, 0.2) is 0 Å². The summed E-state index contributed by atoms with van der Waals surface area (Å²) in [5.41, 5.74) is 5.26. The third kappa shape index (κ3) is 2.79. The third-order valence-electron chi connectivity index (χ3n) is 2.62. The van der Waals surface area contributed by atoms with Crippen molar-refractivity contribution in [3.63, 3.8) is 0 Å². The van der Waals surface area contributed by atoms with E-state index in [0.717, 1.165) is 6.42 Å². The van der Waals surface area contributed by atoms with E-state index in [1.807, 2.05) is 0 Å². The van der Waals surface area contributed by atoms with E-state index in [4.69, 9.17) is 5.73 Å². The van der Waals surface area contributed by atoms with Crippen LogP contribution in [0.4, 0.5) is 0 Å². The molecule has 2 atom stereocenters. The summed E-state index contributed by atoms with van der Waals surface area (Å²) in [7, 11) is 0. The molecule has 0 aromatic heterocycles. The number of hydrogen-bond donors (Lipinski definition) is 2. The second kappa shape index (κ2) is 5.60. The van der Waals surface area contributed by atoms with Crippen molar-refractivity contribution in [2.24, 2.45) is 5.73 Å². The molecule has 0 spiro atoms. The van der Waals surface area contributed by atoms with Crippen LogP contribution < -0.4 is 11.1 Å². The van der Waals surface area contributed by atoms with E-state index in [1.54, 1.807) is 6.92 Å². The van der Waals surface area contributed by atoms with Crippen molar-refractivity contribution < 1.29 is 14.4 Å². The first-order chi connectivity index (χ1) is 7.60. The zero-order valence-electron chi connectivity index (χ0n) is 9.31. The highest BCUT2D eigenvalue weighted by atomic mass is 16.2. The molecule has 2 amide bonds. The Labute approximate surface area is 94.2 Å². The predicted molar refractivity (Wildman–Crippen MR) is 57.5 cm³/mol. The SMILES string of the molecule is C[C@@H](C=O)NC(=O)[C@@H]1CCCN1C(=O)CN. The average molecular weight is 227 g/mol. The topological polar surface area (TPSA) is 92.5 Å². The standard InChI is InChI=1S/C10H17N3O3/c1-7(6-14)12-10(16)8-3-2-4-13(8)9(15)5-11/h6-8H,2-5,11H2,1H3,(H,12,16)/t7-,8-/m0/s1. The van der Waals surface area contributed by atoms with Crippen LogP contribution in [0.5, 0.6) is 0 Å². The lowest BCUT2D eigenvalue weighted by Gasteiger charge is -2.23. The molecule has 0 unspecified atom stereocenters. The number of hydrogen-bond acceptors (Lipinski definition) is 4. The highest BCUT2D eigenvalue weighted by molar-refractivity contribution is 5.90. The quantitative estimate of drug-likeness (QED) is 0.580. The number of amides is 2. The summed E-state index contributed by atoms with van der Waals surface area (Å²) in [5.74, 6) is -0.504. The van der Waals surface area contributed by atoms with Gasteiger partial charge in [-0.1, -0.05) is 0 Å². The van der Waals surface area contributed by atoms with Gasteiger partial charge in [0, 0.05) is 6.54 Å². The third-order valence-corrected chi connectivity index (χ3v) is 2.62. The van der Waals surface area contributed by atoms with E-state index in [0.29, 0.717) is 19.3 Å². The first kappa shape index (κ1) is 12.6. The van der Waals surface area contributed by atoms with Gasteiger partial charge in [-0.25, -0.2) is 0 Å². The Kier molecular flexibility index (Phi) is 4.42. The number of nitrogens with one attached hydrogen (secondary N) is 1. The van der Waals surface area contributed by atoms with E-state index >= 15 is 0 Å². The smallest absolute Gasteiger partial charge is 0.243 e. The molecule has 0 saturated carbocycles. The van der Waals surface area contributed by atoms with Crippen molar-refractivity contribution in [1.82, 2.24) is 10.2 Å². The molecule has 0 bridgehead atoms. The van der Waals surface area contributed by atoms with Crippen LogP contribution in [0.2, 0.25) is 0 Å². The van der Waals surface area contributed by atoms with Crippen LogP contribution in [0.3, 0.4) is 0 Å². The lowest BCUT2D eigenvalue weighted by atomic mass is 10.2. The summed E-state index contributed by atoms with van der Waals surface area (Å²) in [6.45, 7) is 2.06. The minimum absolute atomic E-state index is 0.0903.